The van der Waals surface area contributed by atoms with Gasteiger partial charge in [-0.3, -0.25) is 4.79 Å². The lowest BCUT2D eigenvalue weighted by Crippen LogP contribution is -2.31. The summed E-state index contributed by atoms with van der Waals surface area (Å²) >= 11 is 0. The number of carbonyl (C=O) groups is 1. The topological polar surface area (TPSA) is 57.5 Å². The molecule has 0 bridgehead atoms. The van der Waals surface area contributed by atoms with Crippen LogP contribution in [0.2, 0.25) is 0 Å². The van der Waals surface area contributed by atoms with Gasteiger partial charge < -0.3 is 10.2 Å². The molecule has 0 aliphatic heterocycles. The van der Waals surface area contributed by atoms with E-state index in [0.717, 1.165) is 6.42 Å². The molecule has 0 amide bonds. The fraction of sp³-hybridized carbons (Fsp3) is 0.750. The van der Waals surface area contributed by atoms with E-state index in [4.69, 9.17) is 10.2 Å². The van der Waals surface area contributed by atoms with Gasteiger partial charge in [-0.25, -0.2) is 0 Å². The Hall–Kier alpha value is -0.570. The van der Waals surface area contributed by atoms with Gasteiger partial charge in [-0.15, -0.1) is 0 Å². The first-order valence-electron chi connectivity index (χ1n) is 3.69. The van der Waals surface area contributed by atoms with Crippen molar-refractivity contribution in [1.82, 2.24) is 0 Å². The van der Waals surface area contributed by atoms with E-state index in [9.17, 15) is 4.79 Å². The Bertz CT molecular complexity index is 133. The summed E-state index contributed by atoms with van der Waals surface area (Å²) in [4.78, 5) is 10.6. The smallest absolute Gasteiger partial charge is 0.311 e. The minimum absolute atomic E-state index is 0.295. The van der Waals surface area contributed by atoms with E-state index in [2.05, 4.69) is 0 Å². The van der Waals surface area contributed by atoms with Crippen LogP contribution in [0.4, 0.5) is 0 Å². The third-order valence-electron chi connectivity index (χ3n) is 1.85. The van der Waals surface area contributed by atoms with Crippen LogP contribution in [-0.2, 0) is 4.79 Å². The van der Waals surface area contributed by atoms with Crippen molar-refractivity contribution in [3.63, 3.8) is 0 Å². The highest BCUT2D eigenvalue weighted by atomic mass is 16.4. The van der Waals surface area contributed by atoms with E-state index in [1.807, 2.05) is 13.3 Å². The third-order valence-corrected chi connectivity index (χ3v) is 1.85. The highest BCUT2D eigenvalue weighted by molar-refractivity contribution is 5.74. The number of aliphatic carboxylic acids is 1. The molecule has 3 nitrogen and oxygen atoms in total. The molecule has 0 aromatic carbocycles. The van der Waals surface area contributed by atoms with Crippen molar-refractivity contribution in [2.24, 2.45) is 5.41 Å². The quantitative estimate of drug-likeness (QED) is 0.631. The molecule has 0 heterocycles. The van der Waals surface area contributed by atoms with E-state index in [0.29, 0.717) is 6.42 Å². The van der Waals surface area contributed by atoms with Crippen LogP contribution < -0.4 is 0 Å². The maximum atomic E-state index is 10.6. The third kappa shape index (κ3) is 2.89. The summed E-state index contributed by atoms with van der Waals surface area (Å²) in [6.07, 6.45) is 3.12. The summed E-state index contributed by atoms with van der Waals surface area (Å²) in [5.41, 5.74) is -0.966. The van der Waals surface area contributed by atoms with Crippen molar-refractivity contribution < 1.29 is 15.0 Å². The molecule has 0 saturated heterocycles. The summed E-state index contributed by atoms with van der Waals surface area (Å²) in [5.74, 6) is -0.929. The van der Waals surface area contributed by atoms with E-state index < -0.39 is 11.4 Å². The first kappa shape index (κ1) is 10.4. The van der Waals surface area contributed by atoms with Crippen molar-refractivity contribution in [2.75, 3.05) is 6.61 Å². The number of carboxylic acid groups (broad SMARTS) is 1. The van der Waals surface area contributed by atoms with Crippen molar-refractivity contribution >= 4 is 5.97 Å². The highest BCUT2D eigenvalue weighted by Gasteiger charge is 2.31. The number of unbranched alkanes of at least 4 members (excludes halogenated alkanes) is 1. The number of aliphatic hydroxyl groups excluding tert-OH is 1. The average molecular weight is 159 g/mol. The zero-order valence-corrected chi connectivity index (χ0v) is 7.00. The van der Waals surface area contributed by atoms with Crippen LogP contribution >= 0.6 is 0 Å². The molecule has 0 aliphatic carbocycles. The van der Waals surface area contributed by atoms with Gasteiger partial charge >= 0.3 is 5.97 Å². The van der Waals surface area contributed by atoms with E-state index in [1.54, 1.807) is 6.92 Å². The fourth-order valence-electron chi connectivity index (χ4n) is 0.717. The molecular weight excluding hydrogens is 144 g/mol. The molecule has 0 aromatic rings. The van der Waals surface area contributed by atoms with Gasteiger partial charge in [0.15, 0.2) is 0 Å². The Morgan fingerprint density at radius 3 is 2.45 bits per heavy atom. The molecule has 0 fully saturated rings. The van der Waals surface area contributed by atoms with Crippen LogP contribution in [-0.4, -0.2) is 22.8 Å². The first-order chi connectivity index (χ1) is 5.06. The fourth-order valence-corrected chi connectivity index (χ4v) is 0.717. The van der Waals surface area contributed by atoms with Gasteiger partial charge in [0.2, 0.25) is 0 Å². The summed E-state index contributed by atoms with van der Waals surface area (Å²) in [6, 6.07) is 0. The van der Waals surface area contributed by atoms with Gasteiger partial charge in [-0.1, -0.05) is 6.92 Å². The Balaban J connectivity index is 3.99. The van der Waals surface area contributed by atoms with Crippen LogP contribution in [0.1, 0.15) is 26.7 Å². The predicted octanol–water partition coefficient (Wildman–Crippen LogP) is 1.07. The molecule has 0 spiro atoms. The lowest BCUT2D eigenvalue weighted by molar-refractivity contribution is -0.150. The minimum Gasteiger partial charge on any atom is -0.481 e. The number of hydrogen-bond donors (Lipinski definition) is 2. The molecule has 0 aliphatic rings. The second kappa shape index (κ2) is 4.34. The first-order valence-corrected chi connectivity index (χ1v) is 3.69. The molecule has 3 heteroatoms. The summed E-state index contributed by atoms with van der Waals surface area (Å²) < 4.78 is 0. The number of hydrogen-bond acceptors (Lipinski definition) is 2. The SMILES string of the molecule is C[CH]CCC(C)(CO)C(=O)O. The van der Waals surface area contributed by atoms with Gasteiger partial charge in [0.25, 0.3) is 0 Å². The summed E-state index contributed by atoms with van der Waals surface area (Å²) in [6.45, 7) is 3.13. The van der Waals surface area contributed by atoms with Gasteiger partial charge in [0.1, 0.15) is 0 Å². The number of rotatable bonds is 5. The number of carboxylic acids is 1. The van der Waals surface area contributed by atoms with Crippen LogP contribution in [0, 0.1) is 11.8 Å². The minimum atomic E-state index is -0.966. The average Bonchev–Trinajstić information content (AvgIpc) is 2.00. The lowest BCUT2D eigenvalue weighted by atomic mass is 9.86. The molecule has 1 unspecified atom stereocenters. The molecule has 0 rings (SSSR count). The second-order valence-corrected chi connectivity index (χ2v) is 2.97. The van der Waals surface area contributed by atoms with Gasteiger partial charge in [-0.05, 0) is 26.2 Å². The second-order valence-electron chi connectivity index (χ2n) is 2.97. The predicted molar refractivity (Wildman–Crippen MR) is 42.0 cm³/mol. The molecule has 2 N–H and O–H groups in total. The molecule has 0 saturated carbocycles. The molecular formula is C8H15O3. The molecule has 65 valence electrons. The van der Waals surface area contributed by atoms with Crippen LogP contribution in [0.15, 0.2) is 0 Å². The molecule has 11 heavy (non-hydrogen) atoms. The zero-order chi connectivity index (χ0) is 8.91. The van der Waals surface area contributed by atoms with Crippen molar-refractivity contribution in [2.45, 2.75) is 26.7 Å². The van der Waals surface area contributed by atoms with Crippen molar-refractivity contribution in [3.8, 4) is 0 Å². The van der Waals surface area contributed by atoms with E-state index in [-0.39, 0.29) is 6.61 Å². The maximum absolute atomic E-state index is 10.6. The summed E-state index contributed by atoms with van der Waals surface area (Å²) in [7, 11) is 0. The lowest BCUT2D eigenvalue weighted by Gasteiger charge is -2.20. The van der Waals surface area contributed by atoms with Crippen LogP contribution in [0.3, 0.4) is 0 Å². The van der Waals surface area contributed by atoms with E-state index >= 15 is 0 Å². The Morgan fingerprint density at radius 1 is 1.64 bits per heavy atom. The standard InChI is InChI=1S/C8H15O3/c1-3-4-5-8(2,6-9)7(10)11/h3,9H,4-6H2,1-2H3,(H,10,11). The zero-order valence-electron chi connectivity index (χ0n) is 7.00. The Kier molecular flexibility index (Phi) is 4.11. The normalized spacial score (nSPS) is 15.9. The number of aliphatic hydroxyl groups is 1. The van der Waals surface area contributed by atoms with Crippen molar-refractivity contribution in [1.29, 1.82) is 0 Å². The van der Waals surface area contributed by atoms with Crippen LogP contribution in [0.5, 0.6) is 0 Å². The van der Waals surface area contributed by atoms with E-state index in [1.165, 1.54) is 0 Å². The monoisotopic (exact) mass is 159 g/mol. The maximum Gasteiger partial charge on any atom is 0.311 e. The summed E-state index contributed by atoms with van der Waals surface area (Å²) in [5, 5.41) is 17.5. The van der Waals surface area contributed by atoms with Crippen LogP contribution in [0.25, 0.3) is 0 Å². The van der Waals surface area contributed by atoms with Crippen molar-refractivity contribution in [3.05, 3.63) is 6.42 Å². The largest absolute Gasteiger partial charge is 0.481 e. The molecule has 1 radical (unpaired) electrons. The van der Waals surface area contributed by atoms with Gasteiger partial charge in [-0.2, -0.15) is 0 Å². The Morgan fingerprint density at radius 2 is 2.18 bits per heavy atom. The van der Waals surface area contributed by atoms with Gasteiger partial charge in [0.05, 0.1) is 12.0 Å². The Labute approximate surface area is 67.0 Å². The molecule has 1 atom stereocenters. The van der Waals surface area contributed by atoms with Gasteiger partial charge in [0, 0.05) is 0 Å². The molecule has 0 aromatic heterocycles. The highest BCUT2D eigenvalue weighted by Crippen LogP contribution is 2.23.